The summed E-state index contributed by atoms with van der Waals surface area (Å²) in [6, 6.07) is -0.539. The summed E-state index contributed by atoms with van der Waals surface area (Å²) in [6.07, 6.45) is 94.5. The zero-order valence-electron chi connectivity index (χ0n) is 58.1. The van der Waals surface area contributed by atoms with Crippen LogP contribution in [0.2, 0.25) is 0 Å². The van der Waals surface area contributed by atoms with Gasteiger partial charge in [-0.3, -0.25) is 9.59 Å². The summed E-state index contributed by atoms with van der Waals surface area (Å²) in [7, 11) is 0. The molecule has 0 rings (SSSR count). The lowest BCUT2D eigenvalue weighted by atomic mass is 10.0. The largest absolute Gasteiger partial charge is 0.466 e. The lowest BCUT2D eigenvalue weighted by Gasteiger charge is -2.22. The number of nitrogens with one attached hydrogen (secondary N) is 1. The predicted molar refractivity (Wildman–Crippen MR) is 375 cm³/mol. The van der Waals surface area contributed by atoms with Gasteiger partial charge in [0.1, 0.15) is 0 Å². The fourth-order valence-electron chi connectivity index (χ4n) is 12.8. The van der Waals surface area contributed by atoms with Crippen molar-refractivity contribution in [3.05, 3.63) is 12.2 Å². The van der Waals surface area contributed by atoms with E-state index in [1.54, 1.807) is 0 Å². The molecule has 0 saturated carbocycles. The van der Waals surface area contributed by atoms with E-state index in [-0.39, 0.29) is 18.5 Å². The maximum absolute atomic E-state index is 12.5. The number of ether oxygens (including phenoxy) is 1. The molecule has 1 amide bonds. The van der Waals surface area contributed by atoms with Crippen LogP contribution >= 0.6 is 0 Å². The van der Waals surface area contributed by atoms with Crippen LogP contribution in [0.5, 0.6) is 0 Å². The Morgan fingerprint density at radius 2 is 0.553 bits per heavy atom. The molecule has 0 spiro atoms. The summed E-state index contributed by atoms with van der Waals surface area (Å²) in [4.78, 5) is 24.7. The van der Waals surface area contributed by atoms with Crippen LogP contribution in [-0.2, 0) is 14.3 Å². The van der Waals surface area contributed by atoms with Gasteiger partial charge in [-0.1, -0.05) is 405 Å². The van der Waals surface area contributed by atoms with Crippen LogP contribution in [0.4, 0.5) is 0 Å². The average Bonchev–Trinajstić information content (AvgIpc) is 3.51. The Hall–Kier alpha value is -1.40. The number of unbranched alkanes of at least 4 members (excludes halogenated alkanes) is 62. The number of aliphatic hydroxyl groups is 2. The summed E-state index contributed by atoms with van der Waals surface area (Å²) in [5.41, 5.74) is 0. The Labute approximate surface area is 533 Å². The average molecular weight is 1200 g/mol. The van der Waals surface area contributed by atoms with Crippen molar-refractivity contribution in [2.45, 2.75) is 469 Å². The molecule has 0 aliphatic rings. The highest BCUT2D eigenvalue weighted by molar-refractivity contribution is 5.76. The van der Waals surface area contributed by atoms with E-state index in [0.717, 1.165) is 38.5 Å². The topological polar surface area (TPSA) is 95.9 Å². The zero-order chi connectivity index (χ0) is 61.3. The molecule has 85 heavy (non-hydrogen) atoms. The van der Waals surface area contributed by atoms with E-state index in [1.165, 1.54) is 385 Å². The fourth-order valence-corrected chi connectivity index (χ4v) is 12.8. The minimum absolute atomic E-state index is 0.0248. The van der Waals surface area contributed by atoms with E-state index in [2.05, 4.69) is 31.3 Å². The second-order valence-corrected chi connectivity index (χ2v) is 27.4. The molecule has 0 aromatic rings. The second-order valence-electron chi connectivity index (χ2n) is 27.4. The van der Waals surface area contributed by atoms with Crippen molar-refractivity contribution < 1.29 is 24.5 Å². The van der Waals surface area contributed by atoms with Gasteiger partial charge in [0.2, 0.25) is 5.91 Å². The monoisotopic (exact) mass is 1200 g/mol. The highest BCUT2D eigenvalue weighted by Crippen LogP contribution is 2.20. The molecular formula is C79H155NO5. The van der Waals surface area contributed by atoms with E-state index in [1.807, 2.05) is 0 Å². The summed E-state index contributed by atoms with van der Waals surface area (Å²) in [5, 5.41) is 23.4. The van der Waals surface area contributed by atoms with Crippen molar-refractivity contribution in [1.82, 2.24) is 5.32 Å². The number of aliphatic hydroxyl groups excluding tert-OH is 2. The first-order chi connectivity index (χ1) is 42.0. The van der Waals surface area contributed by atoms with Crippen molar-refractivity contribution >= 4 is 11.9 Å². The third-order valence-electron chi connectivity index (χ3n) is 18.8. The zero-order valence-corrected chi connectivity index (χ0v) is 58.1. The molecule has 3 N–H and O–H groups in total. The molecule has 6 nitrogen and oxygen atoms in total. The van der Waals surface area contributed by atoms with E-state index < -0.39 is 12.1 Å². The number of rotatable bonds is 75. The van der Waals surface area contributed by atoms with Gasteiger partial charge in [-0.15, -0.1) is 0 Å². The molecule has 0 saturated heterocycles. The van der Waals surface area contributed by atoms with Gasteiger partial charge in [-0.2, -0.15) is 0 Å². The predicted octanol–water partition coefficient (Wildman–Crippen LogP) is 25.9. The molecule has 0 radical (unpaired) electrons. The van der Waals surface area contributed by atoms with Crippen LogP contribution in [0.25, 0.3) is 0 Å². The third-order valence-corrected chi connectivity index (χ3v) is 18.8. The van der Waals surface area contributed by atoms with Crippen LogP contribution in [0.3, 0.4) is 0 Å². The van der Waals surface area contributed by atoms with Gasteiger partial charge < -0.3 is 20.3 Å². The molecular weight excluding hydrogens is 1040 g/mol. The lowest BCUT2D eigenvalue weighted by molar-refractivity contribution is -0.143. The number of carbonyl (C=O) groups is 2. The highest BCUT2D eigenvalue weighted by Gasteiger charge is 2.20. The number of carbonyl (C=O) groups excluding carboxylic acids is 2. The van der Waals surface area contributed by atoms with E-state index >= 15 is 0 Å². The maximum Gasteiger partial charge on any atom is 0.305 e. The first-order valence-corrected chi connectivity index (χ1v) is 39.4. The normalized spacial score (nSPS) is 12.5. The summed E-state index contributed by atoms with van der Waals surface area (Å²) in [6.45, 7) is 5.01. The minimum Gasteiger partial charge on any atom is -0.466 e. The molecule has 0 aromatic heterocycles. The molecule has 0 bridgehead atoms. The maximum atomic E-state index is 12.5. The molecule has 6 heteroatoms. The summed E-state index contributed by atoms with van der Waals surface area (Å²) >= 11 is 0. The standard InChI is InChI=1S/C79H155NO5/c1-3-5-7-9-11-13-15-17-19-21-37-41-45-49-53-57-61-65-69-73-79(84)85-74-70-66-62-58-54-50-46-42-39-36-34-32-30-28-26-24-22-23-25-27-29-31-33-35-38-40-44-48-52-56-60-64-68-72-78(83)80-76(75-81)77(82)71-67-63-59-55-51-47-43-20-18-16-14-12-10-8-6-4-2/h26,28,76-77,81-82H,3-25,27,29-75H2,1-2H3,(H,80,83)/b28-26-. The molecule has 2 atom stereocenters. The Morgan fingerprint density at radius 3 is 0.835 bits per heavy atom. The van der Waals surface area contributed by atoms with Crippen molar-refractivity contribution in [2.75, 3.05) is 13.2 Å². The van der Waals surface area contributed by atoms with Crippen LogP contribution in [0.1, 0.15) is 457 Å². The molecule has 0 heterocycles. The molecule has 0 fully saturated rings. The van der Waals surface area contributed by atoms with Gasteiger partial charge in [0.15, 0.2) is 0 Å². The highest BCUT2D eigenvalue weighted by atomic mass is 16.5. The van der Waals surface area contributed by atoms with Gasteiger partial charge in [0, 0.05) is 12.8 Å². The minimum atomic E-state index is -0.662. The quantitative estimate of drug-likeness (QED) is 0.0320. The second kappa shape index (κ2) is 75.1. The Morgan fingerprint density at radius 1 is 0.318 bits per heavy atom. The number of esters is 1. The number of hydrogen-bond donors (Lipinski definition) is 3. The van der Waals surface area contributed by atoms with E-state index in [0.29, 0.717) is 25.9 Å². The molecule has 0 aromatic carbocycles. The molecule has 506 valence electrons. The van der Waals surface area contributed by atoms with Gasteiger partial charge in [0.05, 0.1) is 25.4 Å². The molecule has 0 aliphatic carbocycles. The van der Waals surface area contributed by atoms with Gasteiger partial charge in [-0.05, 0) is 51.4 Å². The van der Waals surface area contributed by atoms with Crippen molar-refractivity contribution in [3.63, 3.8) is 0 Å². The SMILES string of the molecule is CCCCCCCCCCCCCCCCCCCCCC(=O)OCCCCCCCCCCCCCC/C=C\CCCCCCCCCCCCCCCCCCCC(=O)NC(CO)C(O)CCCCCCCCCCCCCCCCCC. The molecule has 2 unspecified atom stereocenters. The number of amides is 1. The smallest absolute Gasteiger partial charge is 0.305 e. The van der Waals surface area contributed by atoms with Gasteiger partial charge in [-0.25, -0.2) is 0 Å². The van der Waals surface area contributed by atoms with Crippen molar-refractivity contribution in [3.8, 4) is 0 Å². The molecule has 0 aliphatic heterocycles. The first kappa shape index (κ1) is 83.6. The lowest BCUT2D eigenvalue weighted by Crippen LogP contribution is -2.45. The third kappa shape index (κ3) is 71.6. The van der Waals surface area contributed by atoms with Crippen LogP contribution < -0.4 is 5.32 Å². The van der Waals surface area contributed by atoms with Crippen LogP contribution in [0.15, 0.2) is 12.2 Å². The van der Waals surface area contributed by atoms with Gasteiger partial charge in [0.25, 0.3) is 0 Å². The Bertz CT molecular complexity index is 1290. The van der Waals surface area contributed by atoms with Crippen molar-refractivity contribution in [2.24, 2.45) is 0 Å². The van der Waals surface area contributed by atoms with E-state index in [4.69, 9.17) is 4.74 Å². The number of hydrogen-bond acceptors (Lipinski definition) is 5. The van der Waals surface area contributed by atoms with E-state index in [9.17, 15) is 19.8 Å². The Balaban J connectivity index is 3.32. The van der Waals surface area contributed by atoms with Gasteiger partial charge >= 0.3 is 5.97 Å². The number of allylic oxidation sites excluding steroid dienone is 2. The fraction of sp³-hybridized carbons (Fsp3) is 0.949. The van der Waals surface area contributed by atoms with Crippen LogP contribution in [-0.4, -0.2) is 47.4 Å². The van der Waals surface area contributed by atoms with Crippen molar-refractivity contribution in [1.29, 1.82) is 0 Å². The first-order valence-electron chi connectivity index (χ1n) is 39.4. The Kier molecular flexibility index (Phi) is 73.8. The summed E-state index contributed by atoms with van der Waals surface area (Å²) in [5.74, 6) is -0.00287. The van der Waals surface area contributed by atoms with Crippen LogP contribution in [0, 0.1) is 0 Å². The summed E-state index contributed by atoms with van der Waals surface area (Å²) < 4.78 is 5.52.